The van der Waals surface area contributed by atoms with Crippen LogP contribution in [0.1, 0.15) is 32.1 Å². The lowest BCUT2D eigenvalue weighted by Gasteiger charge is -2.58. The van der Waals surface area contributed by atoms with Crippen molar-refractivity contribution in [2.45, 2.75) is 44.2 Å². The van der Waals surface area contributed by atoms with E-state index in [0.29, 0.717) is 12.1 Å². The second-order valence-corrected chi connectivity index (χ2v) is 22.5. The second kappa shape index (κ2) is 16.4. The van der Waals surface area contributed by atoms with Crippen LogP contribution in [0, 0.1) is 11.8 Å². The van der Waals surface area contributed by atoms with Gasteiger partial charge in [-0.3, -0.25) is 0 Å². The predicted octanol–water partition coefficient (Wildman–Crippen LogP) is 13.3. The summed E-state index contributed by atoms with van der Waals surface area (Å²) >= 11 is 0. The first-order valence-electron chi connectivity index (χ1n) is 27.7. The number of fused-ring (bicyclic) bond motifs is 8. The van der Waals surface area contributed by atoms with Gasteiger partial charge in [0.05, 0.1) is 0 Å². The van der Waals surface area contributed by atoms with Crippen molar-refractivity contribution >= 4 is 120 Å². The summed E-state index contributed by atoms with van der Waals surface area (Å²) in [4.78, 5) is 13.3. The second-order valence-electron chi connectivity index (χ2n) is 22.5. The van der Waals surface area contributed by atoms with E-state index < -0.39 is 0 Å². The summed E-state index contributed by atoms with van der Waals surface area (Å²) in [5, 5.41) is 0. The van der Waals surface area contributed by atoms with Crippen LogP contribution in [0.15, 0.2) is 237 Å². The lowest BCUT2D eigenvalue weighted by molar-refractivity contribution is 0.0900. The molecule has 4 fully saturated rings. The molecule has 6 aliphatic heterocycles. The van der Waals surface area contributed by atoms with Gasteiger partial charge in [-0.15, -0.1) is 0 Å². The maximum Gasteiger partial charge on any atom is 0.252 e. The minimum atomic E-state index is -0.0518. The number of para-hydroxylation sites is 6. The quantitative estimate of drug-likeness (QED) is 0.154. The summed E-state index contributed by atoms with van der Waals surface area (Å²) in [6, 6.07) is 90.6. The van der Waals surface area contributed by atoms with Gasteiger partial charge in [0.15, 0.2) is 0 Å². The van der Waals surface area contributed by atoms with Crippen LogP contribution < -0.4 is 57.3 Å². The molecule has 0 radical (unpaired) electrons. The number of nitrogens with zero attached hydrogens (tertiary/aromatic N) is 5. The van der Waals surface area contributed by atoms with Gasteiger partial charge >= 0.3 is 0 Å². The monoisotopic (exact) mass is 973 g/mol. The van der Waals surface area contributed by atoms with E-state index in [0.717, 1.165) is 23.2 Å². The fourth-order valence-electron chi connectivity index (χ4n) is 15.7. The molecule has 0 N–H and O–H groups in total. The van der Waals surface area contributed by atoms with Crippen LogP contribution in [0.25, 0.3) is 11.1 Å². The number of anilines is 13. The minimum absolute atomic E-state index is 0.0323. The van der Waals surface area contributed by atoms with Gasteiger partial charge in [-0.1, -0.05) is 146 Å². The van der Waals surface area contributed by atoms with E-state index in [1.807, 2.05) is 0 Å². The van der Waals surface area contributed by atoms with Crippen molar-refractivity contribution in [3.05, 3.63) is 237 Å². The Bertz CT molecular complexity index is 3920. The van der Waals surface area contributed by atoms with Gasteiger partial charge in [0, 0.05) is 86.0 Å². The van der Waals surface area contributed by atoms with Crippen LogP contribution in [0.5, 0.6) is 0 Å². The molecule has 2 saturated heterocycles. The highest BCUT2D eigenvalue weighted by molar-refractivity contribution is 7.03. The molecule has 360 valence electrons. The molecule has 2 saturated carbocycles. The van der Waals surface area contributed by atoms with Gasteiger partial charge in [-0.2, -0.15) is 0 Å². The van der Waals surface area contributed by atoms with Crippen molar-refractivity contribution in [3.8, 4) is 11.1 Å². The first-order chi connectivity index (χ1) is 37.7. The lowest BCUT2D eigenvalue weighted by Crippen LogP contribution is -2.65. The molecule has 10 aromatic carbocycles. The molecular weight excluding hydrogens is 920 g/mol. The molecule has 4 bridgehead atoms. The maximum atomic E-state index is 2.91. The number of piperidine rings is 2. The topological polar surface area (TPSA) is 16.2 Å². The van der Waals surface area contributed by atoms with Crippen LogP contribution in [-0.4, -0.2) is 25.5 Å². The van der Waals surface area contributed by atoms with E-state index >= 15 is 0 Å². The number of hydrogen-bond donors (Lipinski definition) is 0. The van der Waals surface area contributed by atoms with Gasteiger partial charge in [-0.25, -0.2) is 0 Å². The average molecular weight is 974 g/mol. The third kappa shape index (κ3) is 6.17. The van der Waals surface area contributed by atoms with Crippen LogP contribution in [0.2, 0.25) is 0 Å². The molecule has 0 atom stereocenters. The van der Waals surface area contributed by atoms with Crippen LogP contribution in [0.3, 0.4) is 0 Å². The van der Waals surface area contributed by atoms with E-state index in [9.17, 15) is 0 Å². The van der Waals surface area contributed by atoms with Crippen LogP contribution in [0.4, 0.5) is 73.9 Å². The predicted molar refractivity (Wildman–Crippen MR) is 320 cm³/mol. The number of hydrogen-bond acceptors (Lipinski definition) is 5. The zero-order valence-electron chi connectivity index (χ0n) is 42.3. The van der Waals surface area contributed by atoms with Crippen molar-refractivity contribution in [1.29, 1.82) is 0 Å². The molecule has 0 amide bonds. The first-order valence-corrected chi connectivity index (χ1v) is 27.7. The highest BCUT2D eigenvalue weighted by atomic mass is 15.2. The van der Waals surface area contributed by atoms with E-state index in [1.54, 1.807) is 0 Å². The van der Waals surface area contributed by atoms with Gasteiger partial charge in [-0.05, 0) is 179 Å². The Balaban J connectivity index is 0.981. The van der Waals surface area contributed by atoms with Gasteiger partial charge in [0.1, 0.15) is 0 Å². The zero-order chi connectivity index (χ0) is 49.6. The SMILES string of the molecule is c1ccc(-c2cc3c4c(c2)N(c2ccccc2)c2cc5c(cc2B4c2ccccc2N3c2ccccc2)B2c3ccccc3N(c3ccccc3)c3cc(N4C6CC7CC(C6)CC4C7)cc(c32)N5c2ccccc2)cc1. The van der Waals surface area contributed by atoms with Crippen molar-refractivity contribution < 1.29 is 0 Å². The Morgan fingerprint density at radius 2 is 0.618 bits per heavy atom. The summed E-state index contributed by atoms with van der Waals surface area (Å²) in [6.07, 6.45) is 6.66. The van der Waals surface area contributed by atoms with E-state index in [2.05, 4.69) is 261 Å². The molecule has 6 heterocycles. The fourth-order valence-corrected chi connectivity index (χ4v) is 15.7. The summed E-state index contributed by atoms with van der Waals surface area (Å²) in [7, 11) is 0. The van der Waals surface area contributed by atoms with Crippen molar-refractivity contribution in [2.24, 2.45) is 11.8 Å². The lowest BCUT2D eigenvalue weighted by atomic mass is 9.30. The standard InChI is InChI=1S/C69H53B2N5/c1-6-20-47(21-7-1)48-39-64-68-65(40-48)75(51-26-12-4-13-27-51)62-44-63-59(43-58(62)70(68)56-30-16-18-32-60(56)73(64)49-22-8-2-9-23-49)71-57-31-17-19-33-61(57)74(50-24-10-3-11-25-50)66-41-55(72-53-35-45-34-46(37-53)38-54(72)36-45)42-67(69(66)71)76(63)52-28-14-5-15-29-52/h1-33,39-46,53-54H,34-38H2. The zero-order valence-corrected chi connectivity index (χ0v) is 42.3. The van der Waals surface area contributed by atoms with Crippen molar-refractivity contribution in [2.75, 3.05) is 24.5 Å². The van der Waals surface area contributed by atoms with Crippen molar-refractivity contribution in [1.82, 2.24) is 0 Å². The molecule has 5 nitrogen and oxygen atoms in total. The normalized spacial score (nSPS) is 19.7. The van der Waals surface area contributed by atoms with E-state index in [4.69, 9.17) is 0 Å². The molecule has 76 heavy (non-hydrogen) atoms. The molecule has 18 rings (SSSR count). The van der Waals surface area contributed by atoms with E-state index in [1.165, 1.54) is 139 Å². The number of benzene rings is 10. The van der Waals surface area contributed by atoms with Crippen molar-refractivity contribution in [3.63, 3.8) is 0 Å². The minimum Gasteiger partial charge on any atom is -0.365 e. The molecule has 0 spiro atoms. The molecule has 0 aromatic heterocycles. The molecule has 7 heteroatoms. The van der Waals surface area contributed by atoms with Crippen LogP contribution in [-0.2, 0) is 0 Å². The fraction of sp³-hybridized carbons (Fsp3) is 0.130. The average Bonchev–Trinajstić information content (AvgIpc) is 3.55. The third-order valence-corrected chi connectivity index (χ3v) is 18.4. The maximum absolute atomic E-state index is 2.91. The Labute approximate surface area is 446 Å². The smallest absolute Gasteiger partial charge is 0.252 e. The van der Waals surface area contributed by atoms with Gasteiger partial charge < -0.3 is 24.5 Å². The highest BCUT2D eigenvalue weighted by Crippen LogP contribution is 2.54. The van der Waals surface area contributed by atoms with Gasteiger partial charge in [0.2, 0.25) is 0 Å². The molecule has 2 aliphatic carbocycles. The summed E-state index contributed by atoms with van der Waals surface area (Å²) in [5.74, 6) is 1.72. The third-order valence-electron chi connectivity index (χ3n) is 18.4. The Morgan fingerprint density at radius 1 is 0.263 bits per heavy atom. The Morgan fingerprint density at radius 3 is 1.04 bits per heavy atom. The Hall–Kier alpha value is -8.67. The highest BCUT2D eigenvalue weighted by Gasteiger charge is 2.51. The van der Waals surface area contributed by atoms with E-state index in [-0.39, 0.29) is 13.4 Å². The number of rotatable bonds is 6. The largest absolute Gasteiger partial charge is 0.365 e. The molecular formula is C69H53B2N5. The summed E-state index contributed by atoms with van der Waals surface area (Å²) in [6.45, 7) is -0.0841. The summed E-state index contributed by atoms with van der Waals surface area (Å²) in [5.41, 5.74) is 26.3. The first kappa shape index (κ1) is 42.7. The summed E-state index contributed by atoms with van der Waals surface area (Å²) < 4.78 is 0. The molecule has 0 unspecified atom stereocenters. The van der Waals surface area contributed by atoms with Gasteiger partial charge in [0.25, 0.3) is 13.4 Å². The van der Waals surface area contributed by atoms with Crippen LogP contribution >= 0.6 is 0 Å². The molecule has 8 aliphatic rings. The molecule has 10 aromatic rings. The Kier molecular flexibility index (Phi) is 9.21.